The van der Waals surface area contributed by atoms with Gasteiger partial charge in [-0.25, -0.2) is 0 Å². The molecule has 0 saturated heterocycles. The highest BCUT2D eigenvalue weighted by Crippen LogP contribution is 2.13. The lowest BCUT2D eigenvalue weighted by Gasteiger charge is -2.09. The van der Waals surface area contributed by atoms with Crippen LogP contribution >= 0.6 is 0 Å². The van der Waals surface area contributed by atoms with Crippen LogP contribution in [-0.4, -0.2) is 6.54 Å². The Balaban J connectivity index is 2.55. The minimum absolute atomic E-state index is 0.636. The van der Waals surface area contributed by atoms with Crippen LogP contribution in [0.3, 0.4) is 0 Å². The molecule has 0 bridgehead atoms. The van der Waals surface area contributed by atoms with Gasteiger partial charge >= 0.3 is 0 Å². The molecule has 1 unspecified atom stereocenters. The van der Waals surface area contributed by atoms with Crippen LogP contribution in [0.2, 0.25) is 0 Å². The first kappa shape index (κ1) is 11.3. The molecule has 0 fully saturated rings. The highest BCUT2D eigenvalue weighted by molar-refractivity contribution is 5.29. The monoisotopic (exact) mass is 191 g/mol. The van der Waals surface area contributed by atoms with E-state index in [2.05, 4.69) is 39.0 Å². The Labute approximate surface area is 87.3 Å². The van der Waals surface area contributed by atoms with Crippen LogP contribution in [0.4, 0.5) is 0 Å². The summed E-state index contributed by atoms with van der Waals surface area (Å²) in [6.07, 6.45) is 2.35. The van der Waals surface area contributed by atoms with Gasteiger partial charge in [0.15, 0.2) is 0 Å². The maximum atomic E-state index is 5.59. The molecule has 1 heteroatoms. The van der Waals surface area contributed by atoms with E-state index in [9.17, 15) is 0 Å². The molecule has 0 radical (unpaired) electrons. The van der Waals surface area contributed by atoms with Crippen molar-refractivity contribution in [2.75, 3.05) is 6.54 Å². The Hall–Kier alpha value is -0.820. The number of nitrogens with two attached hydrogens (primary N) is 1. The van der Waals surface area contributed by atoms with Crippen molar-refractivity contribution in [2.24, 2.45) is 11.7 Å². The zero-order chi connectivity index (χ0) is 10.6. The molecule has 0 amide bonds. The van der Waals surface area contributed by atoms with E-state index in [1.807, 2.05) is 0 Å². The minimum Gasteiger partial charge on any atom is -0.330 e. The van der Waals surface area contributed by atoms with Crippen molar-refractivity contribution in [3.8, 4) is 0 Å². The molecule has 1 rings (SSSR count). The van der Waals surface area contributed by atoms with Crippen molar-refractivity contribution in [1.82, 2.24) is 0 Å². The number of rotatable bonds is 4. The third-order valence-electron chi connectivity index (χ3n) is 2.90. The summed E-state index contributed by atoms with van der Waals surface area (Å²) in [6.45, 7) is 7.33. The van der Waals surface area contributed by atoms with Crippen molar-refractivity contribution >= 4 is 0 Å². The third kappa shape index (κ3) is 3.15. The van der Waals surface area contributed by atoms with Crippen molar-refractivity contribution in [3.05, 3.63) is 34.9 Å². The topological polar surface area (TPSA) is 26.0 Å². The molecule has 0 saturated carbocycles. The van der Waals surface area contributed by atoms with Crippen molar-refractivity contribution in [1.29, 1.82) is 0 Å². The quantitative estimate of drug-likeness (QED) is 0.778. The van der Waals surface area contributed by atoms with E-state index in [0.717, 1.165) is 13.0 Å². The molecular formula is C13H21N. The molecule has 1 aromatic rings. The van der Waals surface area contributed by atoms with E-state index >= 15 is 0 Å². The zero-order valence-corrected chi connectivity index (χ0v) is 9.51. The first-order chi connectivity index (χ1) is 6.63. The van der Waals surface area contributed by atoms with Crippen molar-refractivity contribution in [3.63, 3.8) is 0 Å². The largest absolute Gasteiger partial charge is 0.330 e. The normalized spacial score (nSPS) is 12.9. The summed E-state index contributed by atoms with van der Waals surface area (Å²) in [5.41, 5.74) is 9.80. The summed E-state index contributed by atoms with van der Waals surface area (Å²) in [7, 11) is 0. The molecule has 78 valence electrons. The lowest BCUT2D eigenvalue weighted by atomic mass is 9.98. The maximum Gasteiger partial charge on any atom is -0.00514 e. The molecule has 1 nitrogen and oxygen atoms in total. The number of aryl methyl sites for hydroxylation is 3. The summed E-state index contributed by atoms with van der Waals surface area (Å²) >= 11 is 0. The smallest absolute Gasteiger partial charge is 0.00514 e. The number of benzene rings is 1. The van der Waals surface area contributed by atoms with Crippen LogP contribution in [0.1, 0.15) is 30.0 Å². The minimum atomic E-state index is 0.636. The van der Waals surface area contributed by atoms with Crippen LogP contribution < -0.4 is 5.73 Å². The summed E-state index contributed by atoms with van der Waals surface area (Å²) in [5, 5.41) is 0. The SMILES string of the molecule is Cc1ccc(CCC(C)CN)cc1C. The lowest BCUT2D eigenvalue weighted by Crippen LogP contribution is -2.11. The molecule has 0 aliphatic carbocycles. The fourth-order valence-corrected chi connectivity index (χ4v) is 1.49. The van der Waals surface area contributed by atoms with Gasteiger partial charge in [0.05, 0.1) is 0 Å². The number of hydrogen-bond acceptors (Lipinski definition) is 1. The first-order valence-electron chi connectivity index (χ1n) is 5.39. The Morgan fingerprint density at radius 1 is 1.21 bits per heavy atom. The van der Waals surface area contributed by atoms with Gasteiger partial charge in [-0.2, -0.15) is 0 Å². The van der Waals surface area contributed by atoms with Crippen LogP contribution in [0.25, 0.3) is 0 Å². The zero-order valence-electron chi connectivity index (χ0n) is 9.51. The van der Waals surface area contributed by atoms with Crippen LogP contribution in [0.15, 0.2) is 18.2 Å². The van der Waals surface area contributed by atoms with Crippen molar-refractivity contribution in [2.45, 2.75) is 33.6 Å². The van der Waals surface area contributed by atoms with E-state index in [1.165, 1.54) is 23.1 Å². The molecule has 0 spiro atoms. The molecule has 1 atom stereocenters. The Morgan fingerprint density at radius 3 is 2.50 bits per heavy atom. The van der Waals surface area contributed by atoms with Gasteiger partial charge in [-0.05, 0) is 55.8 Å². The predicted molar refractivity (Wildman–Crippen MR) is 62.5 cm³/mol. The maximum absolute atomic E-state index is 5.59. The average molecular weight is 191 g/mol. The highest BCUT2D eigenvalue weighted by Gasteiger charge is 2.01. The van der Waals surface area contributed by atoms with Gasteiger partial charge < -0.3 is 5.73 Å². The van der Waals surface area contributed by atoms with E-state index in [-0.39, 0.29) is 0 Å². The van der Waals surface area contributed by atoms with Crippen LogP contribution in [0.5, 0.6) is 0 Å². The van der Waals surface area contributed by atoms with Gasteiger partial charge in [0.25, 0.3) is 0 Å². The molecular weight excluding hydrogens is 170 g/mol. The lowest BCUT2D eigenvalue weighted by molar-refractivity contribution is 0.544. The second-order valence-electron chi connectivity index (χ2n) is 4.30. The first-order valence-corrected chi connectivity index (χ1v) is 5.39. The Morgan fingerprint density at radius 2 is 1.93 bits per heavy atom. The Bertz CT molecular complexity index is 291. The van der Waals surface area contributed by atoms with E-state index < -0.39 is 0 Å². The van der Waals surface area contributed by atoms with Gasteiger partial charge in [0, 0.05) is 0 Å². The predicted octanol–water partition coefficient (Wildman–Crippen LogP) is 2.83. The van der Waals surface area contributed by atoms with E-state index in [0.29, 0.717) is 5.92 Å². The average Bonchev–Trinajstić information content (AvgIpc) is 2.19. The second kappa shape index (κ2) is 5.16. The molecule has 0 aliphatic rings. The van der Waals surface area contributed by atoms with Crippen LogP contribution in [-0.2, 0) is 6.42 Å². The standard InChI is InChI=1S/C13H21N/c1-10(9-14)4-6-13-7-5-11(2)12(3)8-13/h5,7-8,10H,4,6,9,14H2,1-3H3. The molecule has 2 N–H and O–H groups in total. The summed E-state index contributed by atoms with van der Waals surface area (Å²) in [5.74, 6) is 0.636. The molecule has 14 heavy (non-hydrogen) atoms. The van der Waals surface area contributed by atoms with Gasteiger partial charge in [-0.15, -0.1) is 0 Å². The van der Waals surface area contributed by atoms with E-state index in [4.69, 9.17) is 5.73 Å². The fraction of sp³-hybridized carbons (Fsp3) is 0.538. The third-order valence-corrected chi connectivity index (χ3v) is 2.90. The second-order valence-corrected chi connectivity index (χ2v) is 4.30. The summed E-state index contributed by atoms with van der Waals surface area (Å²) in [6, 6.07) is 6.72. The Kier molecular flexibility index (Phi) is 4.15. The van der Waals surface area contributed by atoms with Gasteiger partial charge in [-0.3, -0.25) is 0 Å². The van der Waals surface area contributed by atoms with E-state index in [1.54, 1.807) is 0 Å². The summed E-state index contributed by atoms with van der Waals surface area (Å²) < 4.78 is 0. The molecule has 1 aromatic carbocycles. The molecule has 0 aromatic heterocycles. The molecule has 0 heterocycles. The highest BCUT2D eigenvalue weighted by atomic mass is 14.5. The molecule has 0 aliphatic heterocycles. The number of hydrogen-bond donors (Lipinski definition) is 1. The van der Waals surface area contributed by atoms with Gasteiger partial charge in [-0.1, -0.05) is 25.1 Å². The van der Waals surface area contributed by atoms with Gasteiger partial charge in [0.1, 0.15) is 0 Å². The summed E-state index contributed by atoms with van der Waals surface area (Å²) in [4.78, 5) is 0. The van der Waals surface area contributed by atoms with Crippen molar-refractivity contribution < 1.29 is 0 Å². The van der Waals surface area contributed by atoms with Gasteiger partial charge in [0.2, 0.25) is 0 Å². The fourth-order valence-electron chi connectivity index (χ4n) is 1.49. The van der Waals surface area contributed by atoms with Crippen LogP contribution in [0, 0.1) is 19.8 Å².